The number of aromatic amines is 1. The Labute approximate surface area is 250 Å². The molecule has 42 heavy (non-hydrogen) atoms. The summed E-state index contributed by atoms with van der Waals surface area (Å²) in [5.74, 6) is 1.04. The summed E-state index contributed by atoms with van der Waals surface area (Å²) in [7, 11) is 0. The number of carbonyl (C=O) groups is 1. The van der Waals surface area contributed by atoms with Crippen LogP contribution in [-0.2, 0) is 10.2 Å². The average Bonchev–Trinajstić information content (AvgIpc) is 3.51. The monoisotopic (exact) mass is 566 g/mol. The molecule has 2 aromatic carbocycles. The summed E-state index contributed by atoms with van der Waals surface area (Å²) in [4.78, 5) is 17.6. The third-order valence-corrected chi connectivity index (χ3v) is 11.1. The van der Waals surface area contributed by atoms with Crippen LogP contribution in [0.5, 0.6) is 0 Å². The Morgan fingerprint density at radius 1 is 0.929 bits per heavy atom. The van der Waals surface area contributed by atoms with E-state index >= 15 is 0 Å². The molecular formula is C36H46N4O2. The van der Waals surface area contributed by atoms with Crippen LogP contribution >= 0.6 is 0 Å². The molecule has 1 unspecified atom stereocenters. The molecule has 0 radical (unpaired) electrons. The SMILES string of the molecule is O=C(O)[C@@H](C1CCCCC1)N1CC(CN2CCC(c3cc(C4(c5ccccc5)CC4)n[nH]3)CC2)[C@@H](c2ccccc2)C1. The van der Waals surface area contributed by atoms with Gasteiger partial charge in [0.05, 0.1) is 5.69 Å². The standard InChI is InChI=1S/C36H46N4O2/c41-35(42)34(28-12-6-2-7-13-28)40-24-29(31(25-40)26-10-4-1-5-11-26)23-39-20-16-27(17-21-39)32-22-33(38-37-32)36(18-19-36)30-14-8-3-9-15-30/h1,3-5,8-11,14-15,22,27-29,31,34H,2,6-7,12-13,16-21,23-25H2,(H,37,38)(H,41,42)/t29?,31-,34-/m1/s1. The fraction of sp³-hybridized carbons (Fsp3) is 0.556. The summed E-state index contributed by atoms with van der Waals surface area (Å²) in [6.07, 6.45) is 10.4. The second kappa shape index (κ2) is 12.0. The minimum absolute atomic E-state index is 0.114. The van der Waals surface area contributed by atoms with E-state index in [1.165, 1.54) is 54.6 Å². The first-order chi connectivity index (χ1) is 20.6. The van der Waals surface area contributed by atoms with Crippen molar-refractivity contribution in [3.05, 3.63) is 89.2 Å². The lowest BCUT2D eigenvalue weighted by Crippen LogP contribution is -2.46. The van der Waals surface area contributed by atoms with Gasteiger partial charge in [0.2, 0.25) is 0 Å². The number of likely N-dealkylation sites (tertiary alicyclic amines) is 2. The van der Waals surface area contributed by atoms with Crippen molar-refractivity contribution in [1.29, 1.82) is 0 Å². The molecule has 3 heterocycles. The Bertz CT molecular complexity index is 1320. The third kappa shape index (κ3) is 5.56. The molecule has 3 aromatic rings. The number of hydrogen-bond acceptors (Lipinski definition) is 4. The molecule has 2 aliphatic heterocycles. The number of H-pyrrole nitrogens is 1. The number of rotatable bonds is 9. The van der Waals surface area contributed by atoms with Crippen molar-refractivity contribution in [2.24, 2.45) is 11.8 Å². The molecular weight excluding hydrogens is 520 g/mol. The van der Waals surface area contributed by atoms with E-state index < -0.39 is 5.97 Å². The van der Waals surface area contributed by atoms with Crippen LogP contribution in [0.2, 0.25) is 0 Å². The molecule has 7 rings (SSSR count). The van der Waals surface area contributed by atoms with Gasteiger partial charge in [0, 0.05) is 42.6 Å². The van der Waals surface area contributed by atoms with Crippen molar-refractivity contribution < 1.29 is 9.90 Å². The van der Waals surface area contributed by atoms with E-state index in [1.807, 2.05) is 0 Å². The first-order valence-corrected chi connectivity index (χ1v) is 16.5. The zero-order valence-electron chi connectivity index (χ0n) is 24.8. The van der Waals surface area contributed by atoms with Gasteiger partial charge in [0.15, 0.2) is 0 Å². The van der Waals surface area contributed by atoms with E-state index in [4.69, 9.17) is 5.10 Å². The van der Waals surface area contributed by atoms with E-state index in [-0.39, 0.29) is 17.4 Å². The molecule has 0 amide bonds. The highest BCUT2D eigenvalue weighted by Gasteiger charge is 2.48. The van der Waals surface area contributed by atoms with Crippen LogP contribution in [0.25, 0.3) is 0 Å². The zero-order chi connectivity index (χ0) is 28.5. The first kappa shape index (κ1) is 27.8. The predicted molar refractivity (Wildman–Crippen MR) is 166 cm³/mol. The number of aromatic nitrogens is 2. The molecule has 4 fully saturated rings. The number of hydrogen-bond donors (Lipinski definition) is 2. The minimum Gasteiger partial charge on any atom is -0.480 e. The molecule has 2 saturated heterocycles. The lowest BCUT2D eigenvalue weighted by molar-refractivity contribution is -0.145. The molecule has 6 nitrogen and oxygen atoms in total. The highest BCUT2D eigenvalue weighted by molar-refractivity contribution is 5.74. The van der Waals surface area contributed by atoms with E-state index in [0.717, 1.165) is 58.4 Å². The minimum atomic E-state index is -0.616. The van der Waals surface area contributed by atoms with Gasteiger partial charge in [-0.2, -0.15) is 5.10 Å². The summed E-state index contributed by atoms with van der Waals surface area (Å²) in [5, 5.41) is 18.6. The lowest BCUT2D eigenvalue weighted by Gasteiger charge is -2.35. The van der Waals surface area contributed by atoms with Gasteiger partial charge < -0.3 is 10.0 Å². The Kier molecular flexibility index (Phi) is 7.93. The Hall–Kier alpha value is -2.96. The summed E-state index contributed by atoms with van der Waals surface area (Å²) in [6, 6.07) is 23.8. The van der Waals surface area contributed by atoms with E-state index in [1.54, 1.807) is 0 Å². The zero-order valence-corrected chi connectivity index (χ0v) is 24.8. The second-order valence-corrected chi connectivity index (χ2v) is 13.6. The van der Waals surface area contributed by atoms with E-state index in [2.05, 4.69) is 81.6 Å². The van der Waals surface area contributed by atoms with Crippen molar-refractivity contribution in [2.75, 3.05) is 32.7 Å². The maximum absolute atomic E-state index is 12.6. The highest BCUT2D eigenvalue weighted by Crippen LogP contribution is 2.53. The van der Waals surface area contributed by atoms with Gasteiger partial charge in [0.1, 0.15) is 6.04 Å². The van der Waals surface area contributed by atoms with Gasteiger partial charge in [-0.25, -0.2) is 0 Å². The number of carboxylic acid groups (broad SMARTS) is 1. The van der Waals surface area contributed by atoms with Crippen LogP contribution in [-0.4, -0.2) is 69.8 Å². The summed E-state index contributed by atoms with van der Waals surface area (Å²) < 4.78 is 0. The van der Waals surface area contributed by atoms with E-state index in [0.29, 0.717) is 17.8 Å². The molecule has 0 bridgehead atoms. The Morgan fingerprint density at radius 2 is 1.62 bits per heavy atom. The van der Waals surface area contributed by atoms with Gasteiger partial charge in [-0.15, -0.1) is 0 Å². The summed E-state index contributed by atoms with van der Waals surface area (Å²) >= 11 is 0. The van der Waals surface area contributed by atoms with Crippen LogP contribution in [0.4, 0.5) is 0 Å². The lowest BCUT2D eigenvalue weighted by atomic mass is 9.83. The van der Waals surface area contributed by atoms with Crippen LogP contribution < -0.4 is 0 Å². The first-order valence-electron chi connectivity index (χ1n) is 16.5. The molecule has 4 aliphatic rings. The largest absolute Gasteiger partial charge is 0.480 e. The Morgan fingerprint density at radius 3 is 2.29 bits per heavy atom. The summed E-state index contributed by atoms with van der Waals surface area (Å²) in [5.41, 5.74) is 5.39. The molecule has 222 valence electrons. The fourth-order valence-electron chi connectivity index (χ4n) is 8.62. The van der Waals surface area contributed by atoms with Crippen LogP contribution in [0.1, 0.15) is 92.1 Å². The van der Waals surface area contributed by atoms with Crippen LogP contribution in [0.3, 0.4) is 0 Å². The number of carboxylic acids is 1. The fourth-order valence-corrected chi connectivity index (χ4v) is 8.62. The van der Waals surface area contributed by atoms with Crippen molar-refractivity contribution in [2.45, 2.75) is 81.1 Å². The van der Waals surface area contributed by atoms with Gasteiger partial charge in [-0.1, -0.05) is 79.9 Å². The third-order valence-electron chi connectivity index (χ3n) is 11.1. The van der Waals surface area contributed by atoms with Crippen molar-refractivity contribution in [3.8, 4) is 0 Å². The molecule has 2 saturated carbocycles. The number of nitrogens with zero attached hydrogens (tertiary/aromatic N) is 3. The molecule has 3 atom stereocenters. The maximum atomic E-state index is 12.6. The van der Waals surface area contributed by atoms with Crippen molar-refractivity contribution in [1.82, 2.24) is 20.0 Å². The number of aliphatic carboxylic acids is 1. The van der Waals surface area contributed by atoms with E-state index in [9.17, 15) is 9.90 Å². The molecule has 6 heteroatoms. The highest BCUT2D eigenvalue weighted by atomic mass is 16.4. The molecule has 0 spiro atoms. The van der Waals surface area contributed by atoms with Crippen molar-refractivity contribution in [3.63, 3.8) is 0 Å². The average molecular weight is 567 g/mol. The van der Waals surface area contributed by atoms with Gasteiger partial charge in [-0.05, 0) is 80.6 Å². The number of piperidine rings is 1. The molecule has 2 aliphatic carbocycles. The predicted octanol–water partition coefficient (Wildman–Crippen LogP) is 6.42. The number of benzene rings is 2. The van der Waals surface area contributed by atoms with Gasteiger partial charge in [0.25, 0.3) is 0 Å². The second-order valence-electron chi connectivity index (χ2n) is 13.6. The molecule has 2 N–H and O–H groups in total. The van der Waals surface area contributed by atoms with Crippen LogP contribution in [0, 0.1) is 11.8 Å². The normalized spacial score (nSPS) is 26.3. The maximum Gasteiger partial charge on any atom is 0.321 e. The molecule has 1 aromatic heterocycles. The van der Waals surface area contributed by atoms with Gasteiger partial charge in [-0.3, -0.25) is 14.8 Å². The van der Waals surface area contributed by atoms with Gasteiger partial charge >= 0.3 is 5.97 Å². The van der Waals surface area contributed by atoms with Crippen molar-refractivity contribution >= 4 is 5.97 Å². The smallest absolute Gasteiger partial charge is 0.321 e. The number of nitrogens with one attached hydrogen (secondary N) is 1. The van der Waals surface area contributed by atoms with Crippen LogP contribution in [0.15, 0.2) is 66.7 Å². The quantitative estimate of drug-likeness (QED) is 0.313. The Balaban J connectivity index is 1.01. The summed E-state index contributed by atoms with van der Waals surface area (Å²) in [6.45, 7) is 4.97. The topological polar surface area (TPSA) is 72.5 Å².